The predicted octanol–water partition coefficient (Wildman–Crippen LogP) is 0.551. The molecule has 17 heavy (non-hydrogen) atoms. The van der Waals surface area contributed by atoms with Crippen molar-refractivity contribution in [2.24, 2.45) is 5.73 Å². The van der Waals surface area contributed by atoms with Crippen molar-refractivity contribution in [2.75, 3.05) is 25.7 Å². The number of hydrogen-bond acceptors (Lipinski definition) is 4. The van der Waals surface area contributed by atoms with Crippen molar-refractivity contribution in [2.45, 2.75) is 0 Å². The van der Waals surface area contributed by atoms with Crippen LogP contribution in [0, 0.1) is 0 Å². The van der Waals surface area contributed by atoms with Gasteiger partial charge in [-0.3, -0.25) is 9.00 Å². The molecule has 1 unspecified atom stereocenters. The Balaban J connectivity index is 2.75. The van der Waals surface area contributed by atoms with Crippen molar-refractivity contribution >= 4 is 16.7 Å². The second kappa shape index (κ2) is 6.24. The minimum Gasteiger partial charge on any atom is -0.496 e. The molecule has 0 saturated heterocycles. The maximum Gasteiger partial charge on any atom is 0.252 e. The Kier molecular flexibility index (Phi) is 4.96. The minimum atomic E-state index is -0.888. The standard InChI is InChI=1S/C11H15NO4S/c1-15-10-7-8(16-5-6-17(2)14)3-4-9(10)11(12)13/h3-4,7H,5-6H2,1-2H3,(H2,12,13). The number of nitrogens with two attached hydrogens (primary N) is 1. The van der Waals surface area contributed by atoms with Gasteiger partial charge in [-0.1, -0.05) is 0 Å². The molecule has 1 atom stereocenters. The summed E-state index contributed by atoms with van der Waals surface area (Å²) in [7, 11) is 0.563. The molecular weight excluding hydrogens is 242 g/mol. The van der Waals surface area contributed by atoms with Gasteiger partial charge in [0, 0.05) is 23.1 Å². The predicted molar refractivity (Wildman–Crippen MR) is 65.9 cm³/mol. The Hall–Kier alpha value is -1.56. The van der Waals surface area contributed by atoms with Gasteiger partial charge in [0.1, 0.15) is 11.5 Å². The summed E-state index contributed by atoms with van der Waals surface area (Å²) in [6.07, 6.45) is 1.61. The maximum absolute atomic E-state index is 11.1. The molecule has 94 valence electrons. The van der Waals surface area contributed by atoms with E-state index in [2.05, 4.69) is 0 Å². The molecule has 0 aliphatic carbocycles. The minimum absolute atomic E-state index is 0.305. The molecule has 0 aromatic heterocycles. The van der Waals surface area contributed by atoms with Gasteiger partial charge in [-0.25, -0.2) is 0 Å². The lowest BCUT2D eigenvalue weighted by Gasteiger charge is -2.09. The SMILES string of the molecule is COc1cc(OCCS(C)=O)ccc1C(N)=O. The monoisotopic (exact) mass is 257 g/mol. The van der Waals surface area contributed by atoms with Crippen LogP contribution in [0.1, 0.15) is 10.4 Å². The number of ether oxygens (including phenoxy) is 2. The van der Waals surface area contributed by atoms with Gasteiger partial charge in [0.05, 0.1) is 25.0 Å². The van der Waals surface area contributed by atoms with Crippen LogP contribution in [-0.4, -0.2) is 35.8 Å². The normalized spacial score (nSPS) is 11.9. The summed E-state index contributed by atoms with van der Waals surface area (Å²) < 4.78 is 21.2. The van der Waals surface area contributed by atoms with E-state index in [0.717, 1.165) is 0 Å². The summed E-state index contributed by atoms with van der Waals surface area (Å²) in [5.41, 5.74) is 5.48. The lowest BCUT2D eigenvalue weighted by molar-refractivity contribution is 0.0997. The zero-order valence-electron chi connectivity index (χ0n) is 9.76. The van der Waals surface area contributed by atoms with E-state index in [1.807, 2.05) is 0 Å². The molecule has 1 aromatic carbocycles. The van der Waals surface area contributed by atoms with Crippen LogP contribution >= 0.6 is 0 Å². The Morgan fingerprint density at radius 3 is 2.71 bits per heavy atom. The molecule has 1 amide bonds. The smallest absolute Gasteiger partial charge is 0.252 e. The summed E-state index contributed by atoms with van der Waals surface area (Å²) in [6, 6.07) is 4.75. The van der Waals surface area contributed by atoms with Gasteiger partial charge in [-0.15, -0.1) is 0 Å². The van der Waals surface area contributed by atoms with E-state index in [-0.39, 0.29) is 0 Å². The molecule has 0 spiro atoms. The molecule has 0 aliphatic heterocycles. The molecular formula is C11H15NO4S. The van der Waals surface area contributed by atoms with Crippen molar-refractivity contribution in [1.29, 1.82) is 0 Å². The van der Waals surface area contributed by atoms with Crippen LogP contribution in [0.5, 0.6) is 11.5 Å². The Morgan fingerprint density at radius 1 is 1.47 bits per heavy atom. The van der Waals surface area contributed by atoms with Gasteiger partial charge >= 0.3 is 0 Å². The molecule has 0 radical (unpaired) electrons. The number of hydrogen-bond donors (Lipinski definition) is 1. The highest BCUT2D eigenvalue weighted by molar-refractivity contribution is 7.84. The molecule has 0 fully saturated rings. The lowest BCUT2D eigenvalue weighted by atomic mass is 10.2. The van der Waals surface area contributed by atoms with Crippen LogP contribution in [-0.2, 0) is 10.8 Å². The molecule has 6 heteroatoms. The third-order valence-electron chi connectivity index (χ3n) is 2.08. The van der Waals surface area contributed by atoms with Crippen molar-refractivity contribution in [1.82, 2.24) is 0 Å². The fraction of sp³-hybridized carbons (Fsp3) is 0.364. The van der Waals surface area contributed by atoms with Crippen LogP contribution in [0.25, 0.3) is 0 Å². The number of amides is 1. The van der Waals surface area contributed by atoms with Crippen molar-refractivity contribution in [3.8, 4) is 11.5 Å². The average Bonchev–Trinajstić information content (AvgIpc) is 2.28. The van der Waals surface area contributed by atoms with Crippen LogP contribution in [0.4, 0.5) is 0 Å². The Labute approximate surface area is 102 Å². The maximum atomic E-state index is 11.1. The first-order valence-corrected chi connectivity index (χ1v) is 6.68. The first kappa shape index (κ1) is 13.5. The van der Waals surface area contributed by atoms with Crippen molar-refractivity contribution in [3.63, 3.8) is 0 Å². The molecule has 0 heterocycles. The lowest BCUT2D eigenvalue weighted by Crippen LogP contribution is -2.13. The molecule has 0 saturated carbocycles. The molecule has 0 bridgehead atoms. The Morgan fingerprint density at radius 2 is 2.18 bits per heavy atom. The van der Waals surface area contributed by atoms with Crippen LogP contribution in [0.3, 0.4) is 0 Å². The average molecular weight is 257 g/mol. The quantitative estimate of drug-likeness (QED) is 0.807. The largest absolute Gasteiger partial charge is 0.496 e. The number of methoxy groups -OCH3 is 1. The summed E-state index contributed by atoms with van der Waals surface area (Å²) in [6.45, 7) is 0.349. The van der Waals surface area contributed by atoms with E-state index in [0.29, 0.717) is 29.4 Å². The third kappa shape index (κ3) is 4.07. The number of primary amides is 1. The second-order valence-electron chi connectivity index (χ2n) is 3.35. The highest BCUT2D eigenvalue weighted by Gasteiger charge is 2.09. The zero-order chi connectivity index (χ0) is 12.8. The van der Waals surface area contributed by atoms with Gasteiger partial charge < -0.3 is 15.2 Å². The van der Waals surface area contributed by atoms with E-state index in [1.54, 1.807) is 24.5 Å². The van der Waals surface area contributed by atoms with E-state index in [4.69, 9.17) is 15.2 Å². The zero-order valence-corrected chi connectivity index (χ0v) is 10.6. The van der Waals surface area contributed by atoms with E-state index in [9.17, 15) is 9.00 Å². The first-order valence-electron chi connectivity index (χ1n) is 4.95. The molecule has 1 aromatic rings. The molecule has 2 N–H and O–H groups in total. The molecule has 1 rings (SSSR count). The topological polar surface area (TPSA) is 78.6 Å². The van der Waals surface area contributed by atoms with E-state index >= 15 is 0 Å². The summed E-state index contributed by atoms with van der Waals surface area (Å²) in [5.74, 6) is 0.827. The van der Waals surface area contributed by atoms with Gasteiger partial charge in [0.25, 0.3) is 5.91 Å². The number of carbonyl (C=O) groups excluding carboxylic acids is 1. The van der Waals surface area contributed by atoms with Crippen LogP contribution in [0.15, 0.2) is 18.2 Å². The van der Waals surface area contributed by atoms with E-state index in [1.165, 1.54) is 7.11 Å². The second-order valence-corrected chi connectivity index (χ2v) is 4.91. The highest BCUT2D eigenvalue weighted by Crippen LogP contribution is 2.24. The summed E-state index contributed by atoms with van der Waals surface area (Å²) in [4.78, 5) is 11.1. The summed E-state index contributed by atoms with van der Waals surface area (Å²) >= 11 is 0. The van der Waals surface area contributed by atoms with Crippen molar-refractivity contribution < 1.29 is 18.5 Å². The summed E-state index contributed by atoms with van der Waals surface area (Å²) in [5, 5.41) is 0. The molecule has 5 nitrogen and oxygen atoms in total. The number of benzene rings is 1. The number of rotatable bonds is 6. The fourth-order valence-electron chi connectivity index (χ4n) is 1.24. The van der Waals surface area contributed by atoms with Gasteiger partial charge in [0.15, 0.2) is 0 Å². The Bertz CT molecular complexity index is 433. The molecule has 0 aliphatic rings. The highest BCUT2D eigenvalue weighted by atomic mass is 32.2. The van der Waals surface area contributed by atoms with E-state index < -0.39 is 16.7 Å². The fourth-order valence-corrected chi connectivity index (χ4v) is 1.56. The van der Waals surface area contributed by atoms with Gasteiger partial charge in [0.2, 0.25) is 0 Å². The van der Waals surface area contributed by atoms with Crippen LogP contribution in [0.2, 0.25) is 0 Å². The van der Waals surface area contributed by atoms with Gasteiger partial charge in [-0.05, 0) is 12.1 Å². The number of carbonyl (C=O) groups is 1. The van der Waals surface area contributed by atoms with Crippen molar-refractivity contribution in [3.05, 3.63) is 23.8 Å². The van der Waals surface area contributed by atoms with Gasteiger partial charge in [-0.2, -0.15) is 0 Å². The van der Waals surface area contributed by atoms with Crippen LogP contribution < -0.4 is 15.2 Å². The first-order chi connectivity index (χ1) is 8.04. The third-order valence-corrected chi connectivity index (χ3v) is 2.82.